The predicted molar refractivity (Wildman–Crippen MR) is 105 cm³/mol. The number of nitrogens with zero attached hydrogens (tertiary/aromatic N) is 1. The van der Waals surface area contributed by atoms with Gasteiger partial charge in [0.1, 0.15) is 11.5 Å². The smallest absolute Gasteiger partial charge is 0.234 e. The summed E-state index contributed by atoms with van der Waals surface area (Å²) >= 11 is 1.48. The lowest BCUT2D eigenvalue weighted by Gasteiger charge is -2.10. The van der Waals surface area contributed by atoms with Crippen molar-refractivity contribution in [2.45, 2.75) is 11.8 Å². The summed E-state index contributed by atoms with van der Waals surface area (Å²) in [6.45, 7) is 1.95. The fraction of sp³-hybridized carbons (Fsp3) is 0.200. The molecular weight excluding hydrogens is 348 g/mol. The maximum atomic E-state index is 12.3. The van der Waals surface area contributed by atoms with Crippen LogP contribution >= 0.6 is 11.8 Å². The highest BCUT2D eigenvalue weighted by molar-refractivity contribution is 8.00. The molecule has 3 rings (SSSR count). The van der Waals surface area contributed by atoms with Gasteiger partial charge in [0.25, 0.3) is 0 Å². The molecule has 0 spiro atoms. The fourth-order valence-corrected chi connectivity index (χ4v) is 3.52. The minimum atomic E-state index is -0.0752. The standard InChI is InChI=1S/C20H20N2O3S/c1-13-9-19(17-11-16(25-3)7-8-18(17)21-13)26-12-20(23)22-14-5-4-6-15(10-14)24-2/h4-11H,12H2,1-3H3,(H,22,23). The van der Waals surface area contributed by atoms with Gasteiger partial charge in [0.15, 0.2) is 0 Å². The van der Waals surface area contributed by atoms with Crippen LogP contribution in [0.3, 0.4) is 0 Å². The molecule has 0 radical (unpaired) electrons. The summed E-state index contributed by atoms with van der Waals surface area (Å²) < 4.78 is 10.5. The Kier molecular flexibility index (Phi) is 5.63. The minimum Gasteiger partial charge on any atom is -0.497 e. The third kappa shape index (κ3) is 4.26. The quantitative estimate of drug-likeness (QED) is 0.658. The third-order valence-electron chi connectivity index (χ3n) is 3.82. The van der Waals surface area contributed by atoms with E-state index in [2.05, 4.69) is 10.3 Å². The van der Waals surface area contributed by atoms with Crippen LogP contribution in [-0.2, 0) is 4.79 Å². The molecule has 6 heteroatoms. The Labute approximate surface area is 156 Å². The number of carbonyl (C=O) groups is 1. The molecule has 5 nitrogen and oxygen atoms in total. The van der Waals surface area contributed by atoms with Crippen LogP contribution in [0.25, 0.3) is 10.9 Å². The highest BCUT2D eigenvalue weighted by Gasteiger charge is 2.10. The van der Waals surface area contributed by atoms with Crippen LogP contribution in [0.4, 0.5) is 5.69 Å². The molecular formula is C20H20N2O3S. The SMILES string of the molecule is COc1cccc(NC(=O)CSc2cc(C)nc3ccc(OC)cc23)c1. The largest absolute Gasteiger partial charge is 0.497 e. The normalized spacial score (nSPS) is 10.6. The van der Waals surface area contributed by atoms with E-state index >= 15 is 0 Å². The molecule has 0 saturated carbocycles. The summed E-state index contributed by atoms with van der Waals surface area (Å²) in [5, 5.41) is 3.87. The van der Waals surface area contributed by atoms with E-state index in [1.807, 2.05) is 49.4 Å². The monoisotopic (exact) mass is 368 g/mol. The molecule has 0 atom stereocenters. The lowest BCUT2D eigenvalue weighted by molar-refractivity contribution is -0.113. The number of aryl methyl sites for hydroxylation is 1. The van der Waals surface area contributed by atoms with Crippen molar-refractivity contribution in [2.24, 2.45) is 0 Å². The van der Waals surface area contributed by atoms with Crippen molar-refractivity contribution in [1.29, 1.82) is 0 Å². The molecule has 1 aromatic heterocycles. The number of ether oxygens (including phenoxy) is 2. The molecule has 26 heavy (non-hydrogen) atoms. The second-order valence-electron chi connectivity index (χ2n) is 5.71. The molecule has 0 unspecified atom stereocenters. The van der Waals surface area contributed by atoms with E-state index in [0.717, 1.165) is 27.2 Å². The summed E-state index contributed by atoms with van der Waals surface area (Å²) in [6.07, 6.45) is 0. The Balaban J connectivity index is 1.75. The van der Waals surface area contributed by atoms with E-state index in [9.17, 15) is 4.79 Å². The summed E-state index contributed by atoms with van der Waals surface area (Å²) in [4.78, 5) is 17.9. The number of hydrogen-bond donors (Lipinski definition) is 1. The number of methoxy groups -OCH3 is 2. The number of anilines is 1. The molecule has 1 amide bonds. The van der Waals surface area contributed by atoms with Gasteiger partial charge in [0.2, 0.25) is 5.91 Å². The van der Waals surface area contributed by atoms with Gasteiger partial charge in [0.05, 0.1) is 25.5 Å². The van der Waals surface area contributed by atoms with E-state index in [1.54, 1.807) is 20.3 Å². The van der Waals surface area contributed by atoms with Gasteiger partial charge in [-0.25, -0.2) is 0 Å². The van der Waals surface area contributed by atoms with E-state index in [0.29, 0.717) is 17.2 Å². The maximum absolute atomic E-state index is 12.3. The van der Waals surface area contributed by atoms with Gasteiger partial charge in [-0.05, 0) is 43.3 Å². The van der Waals surface area contributed by atoms with Crippen molar-refractivity contribution in [3.8, 4) is 11.5 Å². The molecule has 0 aliphatic rings. The lowest BCUT2D eigenvalue weighted by Crippen LogP contribution is -2.14. The van der Waals surface area contributed by atoms with Crippen molar-refractivity contribution in [1.82, 2.24) is 4.98 Å². The topological polar surface area (TPSA) is 60.5 Å². The van der Waals surface area contributed by atoms with Gasteiger partial charge >= 0.3 is 0 Å². The Morgan fingerprint density at radius 3 is 2.62 bits per heavy atom. The Bertz CT molecular complexity index is 943. The summed E-state index contributed by atoms with van der Waals surface area (Å²) in [7, 11) is 3.24. The molecule has 3 aromatic rings. The maximum Gasteiger partial charge on any atom is 0.234 e. The second-order valence-corrected chi connectivity index (χ2v) is 6.73. The predicted octanol–water partition coefficient (Wildman–Crippen LogP) is 4.29. The number of thioether (sulfide) groups is 1. The number of nitrogens with one attached hydrogen (secondary N) is 1. The summed E-state index contributed by atoms with van der Waals surface area (Å²) in [5.74, 6) is 1.70. The molecule has 0 fully saturated rings. The van der Waals surface area contributed by atoms with Crippen molar-refractivity contribution in [3.63, 3.8) is 0 Å². The van der Waals surface area contributed by atoms with Crippen molar-refractivity contribution < 1.29 is 14.3 Å². The molecule has 0 saturated heterocycles. The van der Waals surface area contributed by atoms with Crippen LogP contribution in [0.15, 0.2) is 53.4 Å². The van der Waals surface area contributed by atoms with Crippen molar-refractivity contribution >= 4 is 34.3 Å². The third-order valence-corrected chi connectivity index (χ3v) is 4.87. The van der Waals surface area contributed by atoms with Gasteiger partial charge in [-0.3, -0.25) is 9.78 Å². The van der Waals surface area contributed by atoms with Crippen LogP contribution in [-0.4, -0.2) is 30.9 Å². The average molecular weight is 368 g/mol. The number of hydrogen-bond acceptors (Lipinski definition) is 5. The Hall–Kier alpha value is -2.73. The van der Waals surface area contributed by atoms with Gasteiger partial charge in [0, 0.05) is 27.7 Å². The van der Waals surface area contributed by atoms with Gasteiger partial charge in [-0.1, -0.05) is 6.07 Å². The molecule has 0 bridgehead atoms. The summed E-state index contributed by atoms with van der Waals surface area (Å²) in [5.41, 5.74) is 2.52. The summed E-state index contributed by atoms with van der Waals surface area (Å²) in [6, 6.07) is 15.1. The molecule has 0 aliphatic heterocycles. The zero-order valence-corrected chi connectivity index (χ0v) is 15.7. The number of aromatic nitrogens is 1. The molecule has 0 aliphatic carbocycles. The first-order valence-electron chi connectivity index (χ1n) is 8.11. The van der Waals surface area contributed by atoms with Crippen LogP contribution in [0, 0.1) is 6.92 Å². The number of carbonyl (C=O) groups excluding carboxylic acids is 1. The number of benzene rings is 2. The van der Waals surface area contributed by atoms with Gasteiger partial charge in [-0.15, -0.1) is 11.8 Å². The minimum absolute atomic E-state index is 0.0752. The first-order valence-corrected chi connectivity index (χ1v) is 9.09. The number of pyridine rings is 1. The van der Waals surface area contributed by atoms with Crippen molar-refractivity contribution in [2.75, 3.05) is 25.3 Å². The van der Waals surface area contributed by atoms with Crippen LogP contribution in [0.5, 0.6) is 11.5 Å². The van der Waals surface area contributed by atoms with E-state index < -0.39 is 0 Å². The highest BCUT2D eigenvalue weighted by atomic mass is 32.2. The molecule has 2 aromatic carbocycles. The van der Waals surface area contributed by atoms with Crippen LogP contribution in [0.1, 0.15) is 5.69 Å². The van der Waals surface area contributed by atoms with E-state index in [1.165, 1.54) is 11.8 Å². The molecule has 1 N–H and O–H groups in total. The fourth-order valence-electron chi connectivity index (χ4n) is 2.59. The first kappa shape index (κ1) is 18.1. The van der Waals surface area contributed by atoms with Gasteiger partial charge in [-0.2, -0.15) is 0 Å². The highest BCUT2D eigenvalue weighted by Crippen LogP contribution is 2.30. The van der Waals surface area contributed by atoms with Crippen LogP contribution in [0.2, 0.25) is 0 Å². The zero-order chi connectivity index (χ0) is 18.5. The first-order chi connectivity index (χ1) is 12.6. The molecule has 1 heterocycles. The Morgan fingerprint density at radius 1 is 1.08 bits per heavy atom. The lowest BCUT2D eigenvalue weighted by atomic mass is 10.2. The van der Waals surface area contributed by atoms with E-state index in [-0.39, 0.29) is 5.91 Å². The Morgan fingerprint density at radius 2 is 1.85 bits per heavy atom. The zero-order valence-electron chi connectivity index (χ0n) is 14.9. The number of rotatable bonds is 6. The van der Waals surface area contributed by atoms with E-state index in [4.69, 9.17) is 9.47 Å². The number of amides is 1. The van der Waals surface area contributed by atoms with Gasteiger partial charge < -0.3 is 14.8 Å². The second kappa shape index (κ2) is 8.10. The molecule has 134 valence electrons. The average Bonchev–Trinajstić information content (AvgIpc) is 2.65. The van der Waals surface area contributed by atoms with Crippen molar-refractivity contribution in [3.05, 3.63) is 54.2 Å². The van der Waals surface area contributed by atoms with Crippen LogP contribution < -0.4 is 14.8 Å². The number of fused-ring (bicyclic) bond motifs is 1.